The van der Waals surface area contributed by atoms with Gasteiger partial charge < -0.3 is 31.2 Å². The van der Waals surface area contributed by atoms with Gasteiger partial charge in [0.25, 0.3) is 20.2 Å². The number of nitrogens with two attached hydrogens (primary N) is 2. The van der Waals surface area contributed by atoms with Gasteiger partial charge in [0.1, 0.15) is 32.7 Å². The van der Waals surface area contributed by atoms with Crippen LogP contribution in [0, 0.1) is 0 Å². The van der Waals surface area contributed by atoms with E-state index in [0.29, 0.717) is 11.1 Å². The molecule has 0 aliphatic rings. The van der Waals surface area contributed by atoms with Crippen molar-refractivity contribution < 1.29 is 45.6 Å². The lowest BCUT2D eigenvalue weighted by Crippen LogP contribution is -2.02. The Bertz CT molecular complexity index is 2530. The first-order valence-electron chi connectivity index (χ1n) is 14.9. The molecule has 0 spiro atoms. The Kier molecular flexibility index (Phi) is 9.15. The van der Waals surface area contributed by atoms with E-state index in [9.17, 15) is 36.2 Å². The largest absolute Gasteiger partial charge is 0.504 e. The summed E-state index contributed by atoms with van der Waals surface area (Å²) in [5.74, 6) is -1.29. The van der Waals surface area contributed by atoms with E-state index in [1.165, 1.54) is 50.6 Å². The van der Waals surface area contributed by atoms with Gasteiger partial charge in [-0.2, -0.15) is 16.8 Å². The monoisotopic (exact) mass is 744 g/mol. The Morgan fingerprint density at radius 1 is 0.538 bits per heavy atom. The predicted molar refractivity (Wildman–Crippen MR) is 193 cm³/mol. The van der Waals surface area contributed by atoms with E-state index in [4.69, 9.17) is 20.9 Å². The molecule has 0 aromatic heterocycles. The van der Waals surface area contributed by atoms with E-state index in [1.54, 1.807) is 48.5 Å². The third-order valence-corrected chi connectivity index (χ3v) is 9.90. The number of ether oxygens (including phenoxy) is 2. The molecule has 0 amide bonds. The molecule has 266 valence electrons. The van der Waals surface area contributed by atoms with Gasteiger partial charge in [-0.25, -0.2) is 0 Å². The Morgan fingerprint density at radius 3 is 1.21 bits per heavy atom. The van der Waals surface area contributed by atoms with Gasteiger partial charge in [-0.05, 0) is 35.4 Å². The third kappa shape index (κ3) is 6.37. The van der Waals surface area contributed by atoms with Gasteiger partial charge >= 0.3 is 0 Å². The molecule has 0 saturated heterocycles. The molecule has 0 saturated carbocycles. The summed E-state index contributed by atoms with van der Waals surface area (Å²) >= 11 is 0. The molecule has 8 N–H and O–H groups in total. The molecular formula is C34H28N6O10S2. The molecule has 0 radical (unpaired) electrons. The molecule has 0 aliphatic carbocycles. The van der Waals surface area contributed by atoms with E-state index in [0.717, 1.165) is 0 Å². The lowest BCUT2D eigenvalue weighted by Gasteiger charge is -2.13. The van der Waals surface area contributed by atoms with Crippen molar-refractivity contribution >= 4 is 75.9 Å². The van der Waals surface area contributed by atoms with Gasteiger partial charge in [0.05, 0.1) is 25.6 Å². The van der Waals surface area contributed by atoms with Crippen LogP contribution in [0.1, 0.15) is 0 Å². The first kappa shape index (κ1) is 35.5. The SMILES string of the molecule is COc1cc(-c2ccc(N=Nc3c(O)c(S(=O)(=O)O)c4ccccc4c3N)c(OC)c2)ccc1N=Nc1c(O)c(S(=O)(=O)O)c2ccccc2c1N. The summed E-state index contributed by atoms with van der Waals surface area (Å²) in [6.45, 7) is 0. The second-order valence-corrected chi connectivity index (χ2v) is 13.8. The average molecular weight is 745 g/mol. The minimum atomic E-state index is -4.88. The van der Waals surface area contributed by atoms with Crippen LogP contribution in [0.5, 0.6) is 23.0 Å². The fourth-order valence-corrected chi connectivity index (χ4v) is 7.22. The molecule has 6 aromatic carbocycles. The van der Waals surface area contributed by atoms with Crippen molar-refractivity contribution in [2.75, 3.05) is 25.7 Å². The highest BCUT2D eigenvalue weighted by molar-refractivity contribution is 7.86. The quantitative estimate of drug-likeness (QED) is 0.0475. The van der Waals surface area contributed by atoms with Crippen molar-refractivity contribution in [3.8, 4) is 34.1 Å². The van der Waals surface area contributed by atoms with E-state index < -0.39 is 41.5 Å². The molecule has 0 aliphatic heterocycles. The molecule has 0 atom stereocenters. The summed E-state index contributed by atoms with van der Waals surface area (Å²) in [6, 6.07) is 21.7. The van der Waals surface area contributed by atoms with Crippen molar-refractivity contribution in [3.63, 3.8) is 0 Å². The van der Waals surface area contributed by atoms with Gasteiger partial charge in [-0.1, -0.05) is 60.7 Å². The molecule has 0 fully saturated rings. The second-order valence-electron chi connectivity index (χ2n) is 11.1. The van der Waals surface area contributed by atoms with Crippen LogP contribution < -0.4 is 20.9 Å². The smallest absolute Gasteiger partial charge is 0.298 e. The summed E-state index contributed by atoms with van der Waals surface area (Å²) < 4.78 is 79.3. The zero-order valence-electron chi connectivity index (χ0n) is 27.1. The highest BCUT2D eigenvalue weighted by Gasteiger charge is 2.27. The number of aromatic hydroxyl groups is 2. The van der Waals surface area contributed by atoms with Gasteiger partial charge in [-0.15, -0.1) is 20.5 Å². The van der Waals surface area contributed by atoms with Crippen LogP contribution in [0.15, 0.2) is 115 Å². The van der Waals surface area contributed by atoms with Crippen molar-refractivity contribution in [1.29, 1.82) is 0 Å². The van der Waals surface area contributed by atoms with Crippen LogP contribution in [0.3, 0.4) is 0 Å². The summed E-state index contributed by atoms with van der Waals surface area (Å²) in [5.41, 5.74) is 13.2. The highest BCUT2D eigenvalue weighted by atomic mass is 32.2. The Hall–Kier alpha value is -6.34. The number of nitrogen functional groups attached to an aromatic ring is 2. The average Bonchev–Trinajstić information content (AvgIpc) is 3.10. The minimum absolute atomic E-state index is 0.00561. The number of nitrogens with zero attached hydrogens (tertiary/aromatic N) is 4. The molecule has 18 heteroatoms. The van der Waals surface area contributed by atoms with Gasteiger partial charge in [0, 0.05) is 21.5 Å². The zero-order valence-corrected chi connectivity index (χ0v) is 28.7. The third-order valence-electron chi connectivity index (χ3n) is 8.04. The van der Waals surface area contributed by atoms with Gasteiger partial charge in [-0.3, -0.25) is 9.11 Å². The van der Waals surface area contributed by atoms with Crippen molar-refractivity contribution in [3.05, 3.63) is 84.9 Å². The van der Waals surface area contributed by atoms with Crippen LogP contribution in [0.25, 0.3) is 32.7 Å². The van der Waals surface area contributed by atoms with Crippen molar-refractivity contribution in [2.45, 2.75) is 9.79 Å². The molecule has 0 bridgehead atoms. The van der Waals surface area contributed by atoms with Crippen LogP contribution in [-0.2, 0) is 20.2 Å². The molecule has 52 heavy (non-hydrogen) atoms. The maximum atomic E-state index is 12.2. The predicted octanol–water partition coefficient (Wildman–Crippen LogP) is 7.58. The molecule has 6 rings (SSSR count). The molecule has 0 heterocycles. The number of phenolic OH excluding ortho intramolecular Hbond substituents is 2. The topological polar surface area (TPSA) is 269 Å². The lowest BCUT2D eigenvalue weighted by atomic mass is 10.0. The maximum absolute atomic E-state index is 12.2. The second kappa shape index (κ2) is 13.4. The molecule has 16 nitrogen and oxygen atoms in total. The summed E-state index contributed by atoms with van der Waals surface area (Å²) in [7, 11) is -6.98. The summed E-state index contributed by atoms with van der Waals surface area (Å²) in [4.78, 5) is -1.52. The van der Waals surface area contributed by atoms with Crippen LogP contribution in [-0.4, -0.2) is 50.4 Å². The normalized spacial score (nSPS) is 12.3. The number of hydrogen-bond donors (Lipinski definition) is 6. The standard InChI is InChI=1S/C34H28N6O10S2/c1-49-25-15-17(11-13-23(25)37-39-29-27(35)19-7-3-5-9-21(19)33(31(29)41)51(43,44)45)18-12-14-24(26(16-18)50-2)38-40-30-28(36)20-8-4-6-10-22(20)34(32(30)42)52(46,47)48/h3-16,41-42H,35-36H2,1-2H3,(H,43,44,45)(H,46,47,48). The highest BCUT2D eigenvalue weighted by Crippen LogP contribution is 2.48. The van der Waals surface area contributed by atoms with E-state index in [1.807, 2.05) is 0 Å². The molecule has 6 aromatic rings. The first-order valence-corrected chi connectivity index (χ1v) is 17.7. The first-order chi connectivity index (χ1) is 24.6. The summed E-state index contributed by atoms with van der Waals surface area (Å²) in [6.07, 6.45) is 0. The Labute approximate surface area is 295 Å². The lowest BCUT2D eigenvalue weighted by molar-refractivity contribution is 0.415. The number of methoxy groups -OCH3 is 2. The van der Waals surface area contributed by atoms with Crippen molar-refractivity contribution in [1.82, 2.24) is 0 Å². The van der Waals surface area contributed by atoms with Crippen LogP contribution in [0.4, 0.5) is 34.1 Å². The van der Waals surface area contributed by atoms with Gasteiger partial charge in [0.2, 0.25) is 0 Å². The van der Waals surface area contributed by atoms with E-state index in [-0.39, 0.29) is 67.2 Å². The maximum Gasteiger partial charge on any atom is 0.298 e. The van der Waals surface area contributed by atoms with E-state index >= 15 is 0 Å². The Balaban J connectivity index is 1.35. The molecule has 0 unspecified atom stereocenters. The minimum Gasteiger partial charge on any atom is -0.504 e. The number of fused-ring (bicyclic) bond motifs is 2. The van der Waals surface area contributed by atoms with Crippen LogP contribution in [0.2, 0.25) is 0 Å². The number of phenols is 2. The number of anilines is 2. The van der Waals surface area contributed by atoms with Gasteiger partial charge in [0.15, 0.2) is 22.9 Å². The van der Waals surface area contributed by atoms with E-state index in [2.05, 4.69) is 20.5 Å². The zero-order chi connectivity index (χ0) is 37.5. The van der Waals surface area contributed by atoms with Crippen molar-refractivity contribution in [2.24, 2.45) is 20.5 Å². The Morgan fingerprint density at radius 2 is 0.885 bits per heavy atom. The van der Waals surface area contributed by atoms with Crippen LogP contribution >= 0.6 is 0 Å². The fourth-order valence-electron chi connectivity index (χ4n) is 5.62. The number of azo groups is 2. The number of hydrogen-bond acceptors (Lipinski definition) is 14. The number of rotatable bonds is 9. The fraction of sp³-hybridized carbons (Fsp3) is 0.0588. The summed E-state index contributed by atoms with van der Waals surface area (Å²) in [5, 5.41) is 38.4. The number of benzene rings is 6. The molecular weight excluding hydrogens is 717 g/mol.